The molecule has 0 bridgehead atoms. The lowest BCUT2D eigenvalue weighted by molar-refractivity contribution is 0.0889. The Morgan fingerprint density at radius 2 is 1.94 bits per heavy atom. The predicted octanol–water partition coefficient (Wildman–Crippen LogP) is 4.71. The van der Waals surface area contributed by atoms with E-state index in [1.807, 2.05) is 0 Å². The predicted molar refractivity (Wildman–Crippen MR) is 76.1 cm³/mol. The van der Waals surface area contributed by atoms with Crippen molar-refractivity contribution in [2.75, 3.05) is 0 Å². The van der Waals surface area contributed by atoms with E-state index in [4.69, 9.17) is 0 Å². The molecule has 0 aliphatic heterocycles. The number of hydrogen-bond acceptors (Lipinski definition) is 1. The molecule has 0 aromatic heterocycles. The van der Waals surface area contributed by atoms with Gasteiger partial charge in [-0.3, -0.25) is 4.79 Å². The van der Waals surface area contributed by atoms with Crippen LogP contribution in [0.15, 0.2) is 18.2 Å². The quantitative estimate of drug-likeness (QED) is 0.701. The maximum absolute atomic E-state index is 12.6. The van der Waals surface area contributed by atoms with Gasteiger partial charge in [0.2, 0.25) is 0 Å². The van der Waals surface area contributed by atoms with Gasteiger partial charge in [-0.25, -0.2) is 0 Å². The normalized spacial score (nSPS) is 16.8. The molecule has 0 unspecified atom stereocenters. The molecular weight excluding hydrogens is 220 g/mol. The summed E-state index contributed by atoms with van der Waals surface area (Å²) in [4.78, 5) is 12.6. The molecule has 0 radical (unpaired) electrons. The lowest BCUT2D eigenvalue weighted by atomic mass is 9.82. The van der Waals surface area contributed by atoms with E-state index in [-0.39, 0.29) is 5.92 Å². The molecule has 2 rings (SSSR count). The minimum Gasteiger partial charge on any atom is -0.294 e. The van der Waals surface area contributed by atoms with Gasteiger partial charge < -0.3 is 0 Å². The number of ketones is 1. The second-order valence-corrected chi connectivity index (χ2v) is 5.60. The average molecular weight is 244 g/mol. The van der Waals surface area contributed by atoms with Gasteiger partial charge in [-0.1, -0.05) is 44.7 Å². The Morgan fingerprint density at radius 3 is 2.61 bits per heavy atom. The van der Waals surface area contributed by atoms with E-state index in [1.165, 1.54) is 24.8 Å². The fourth-order valence-corrected chi connectivity index (χ4v) is 2.96. The Kier molecular flexibility index (Phi) is 4.57. The highest BCUT2D eigenvalue weighted by atomic mass is 16.1. The molecule has 1 aromatic rings. The van der Waals surface area contributed by atoms with Crippen LogP contribution in [0.5, 0.6) is 0 Å². The SMILES string of the molecule is CCCc1ccc(C)c(C(=O)C2CCCCC2)c1. The van der Waals surface area contributed by atoms with E-state index in [9.17, 15) is 4.79 Å². The second-order valence-electron chi connectivity index (χ2n) is 5.60. The fraction of sp³-hybridized carbons (Fsp3) is 0.588. The lowest BCUT2D eigenvalue weighted by Gasteiger charge is -2.21. The Hall–Kier alpha value is -1.11. The van der Waals surface area contributed by atoms with Gasteiger partial charge >= 0.3 is 0 Å². The van der Waals surface area contributed by atoms with Crippen molar-refractivity contribution in [3.05, 3.63) is 34.9 Å². The van der Waals surface area contributed by atoms with Gasteiger partial charge in [0.25, 0.3) is 0 Å². The van der Waals surface area contributed by atoms with E-state index >= 15 is 0 Å². The van der Waals surface area contributed by atoms with Crippen LogP contribution < -0.4 is 0 Å². The van der Waals surface area contributed by atoms with Gasteiger partial charge in [-0.2, -0.15) is 0 Å². The van der Waals surface area contributed by atoms with Crippen LogP contribution in [-0.4, -0.2) is 5.78 Å². The maximum Gasteiger partial charge on any atom is 0.166 e. The number of hydrogen-bond donors (Lipinski definition) is 0. The number of Topliss-reactive ketones (excluding diaryl/α,β-unsaturated/α-hetero) is 1. The minimum atomic E-state index is 0.286. The third-order valence-electron chi connectivity index (χ3n) is 4.08. The zero-order chi connectivity index (χ0) is 13.0. The highest BCUT2D eigenvalue weighted by Gasteiger charge is 2.23. The first kappa shape index (κ1) is 13.3. The second kappa shape index (κ2) is 6.17. The molecule has 1 fully saturated rings. The van der Waals surface area contributed by atoms with Crippen molar-refractivity contribution < 1.29 is 4.79 Å². The largest absolute Gasteiger partial charge is 0.294 e. The van der Waals surface area contributed by atoms with Crippen molar-refractivity contribution in [2.24, 2.45) is 5.92 Å². The van der Waals surface area contributed by atoms with Gasteiger partial charge in [0.15, 0.2) is 5.78 Å². The highest BCUT2D eigenvalue weighted by Crippen LogP contribution is 2.28. The van der Waals surface area contributed by atoms with Crippen LogP contribution in [0.2, 0.25) is 0 Å². The molecule has 0 amide bonds. The summed E-state index contributed by atoms with van der Waals surface area (Å²) in [5.74, 6) is 0.680. The number of aryl methyl sites for hydroxylation is 2. The number of rotatable bonds is 4. The average Bonchev–Trinajstić information content (AvgIpc) is 2.41. The molecular formula is C17H24O. The van der Waals surface area contributed by atoms with E-state index < -0.39 is 0 Å². The molecule has 1 aromatic carbocycles. The van der Waals surface area contributed by atoms with Crippen LogP contribution in [0.25, 0.3) is 0 Å². The summed E-state index contributed by atoms with van der Waals surface area (Å²) in [7, 11) is 0. The van der Waals surface area contributed by atoms with E-state index in [2.05, 4.69) is 32.0 Å². The van der Waals surface area contributed by atoms with E-state index in [0.717, 1.165) is 36.8 Å². The molecule has 0 heterocycles. The summed E-state index contributed by atoms with van der Waals surface area (Å²) in [6.45, 7) is 4.24. The Balaban J connectivity index is 2.19. The molecule has 1 heteroatoms. The van der Waals surface area contributed by atoms with Gasteiger partial charge in [0.1, 0.15) is 0 Å². The van der Waals surface area contributed by atoms with Gasteiger partial charge in [-0.15, -0.1) is 0 Å². The molecule has 1 aliphatic rings. The van der Waals surface area contributed by atoms with Gasteiger partial charge in [-0.05, 0) is 43.4 Å². The lowest BCUT2D eigenvalue weighted by Crippen LogP contribution is -2.19. The number of carbonyl (C=O) groups excluding carboxylic acids is 1. The summed E-state index contributed by atoms with van der Waals surface area (Å²) in [6, 6.07) is 6.41. The monoisotopic (exact) mass is 244 g/mol. The summed E-state index contributed by atoms with van der Waals surface area (Å²) in [5.41, 5.74) is 3.43. The Labute approximate surface area is 111 Å². The fourth-order valence-electron chi connectivity index (χ4n) is 2.96. The number of carbonyl (C=O) groups is 1. The van der Waals surface area contributed by atoms with E-state index in [1.54, 1.807) is 0 Å². The van der Waals surface area contributed by atoms with Crippen molar-refractivity contribution in [3.63, 3.8) is 0 Å². The van der Waals surface area contributed by atoms with Crippen molar-refractivity contribution in [1.29, 1.82) is 0 Å². The maximum atomic E-state index is 12.6. The summed E-state index contributed by atoms with van der Waals surface area (Å²) >= 11 is 0. The molecule has 1 nitrogen and oxygen atoms in total. The van der Waals surface area contributed by atoms with Crippen molar-refractivity contribution >= 4 is 5.78 Å². The van der Waals surface area contributed by atoms with Gasteiger partial charge in [0, 0.05) is 11.5 Å². The minimum absolute atomic E-state index is 0.286. The highest BCUT2D eigenvalue weighted by molar-refractivity contribution is 5.99. The third-order valence-corrected chi connectivity index (χ3v) is 4.08. The smallest absolute Gasteiger partial charge is 0.166 e. The number of benzene rings is 1. The van der Waals surface area contributed by atoms with Crippen LogP contribution in [0.1, 0.15) is 66.9 Å². The summed E-state index contributed by atoms with van der Waals surface area (Å²) in [6.07, 6.45) is 8.16. The summed E-state index contributed by atoms with van der Waals surface area (Å²) < 4.78 is 0. The molecule has 0 spiro atoms. The molecule has 1 aliphatic carbocycles. The van der Waals surface area contributed by atoms with E-state index in [0.29, 0.717) is 5.78 Å². The van der Waals surface area contributed by atoms with Crippen molar-refractivity contribution in [2.45, 2.75) is 58.8 Å². The molecule has 0 saturated heterocycles. The van der Waals surface area contributed by atoms with Crippen LogP contribution in [0.3, 0.4) is 0 Å². The summed E-state index contributed by atoms with van der Waals surface area (Å²) in [5, 5.41) is 0. The molecule has 1 saturated carbocycles. The molecule has 98 valence electrons. The van der Waals surface area contributed by atoms with Crippen LogP contribution in [0.4, 0.5) is 0 Å². The third kappa shape index (κ3) is 3.01. The molecule has 18 heavy (non-hydrogen) atoms. The van der Waals surface area contributed by atoms with Crippen LogP contribution in [0, 0.1) is 12.8 Å². The zero-order valence-electron chi connectivity index (χ0n) is 11.7. The van der Waals surface area contributed by atoms with Crippen LogP contribution in [-0.2, 0) is 6.42 Å². The first-order valence-electron chi connectivity index (χ1n) is 7.36. The van der Waals surface area contributed by atoms with Crippen molar-refractivity contribution in [3.8, 4) is 0 Å². The Bertz CT molecular complexity index is 414. The first-order valence-corrected chi connectivity index (χ1v) is 7.36. The molecule has 0 N–H and O–H groups in total. The molecule has 0 atom stereocenters. The zero-order valence-corrected chi connectivity index (χ0v) is 11.7. The topological polar surface area (TPSA) is 17.1 Å². The van der Waals surface area contributed by atoms with Crippen molar-refractivity contribution in [1.82, 2.24) is 0 Å². The standard InChI is InChI=1S/C17H24O/c1-3-7-14-11-10-13(2)16(12-14)17(18)15-8-5-4-6-9-15/h10-12,15H,3-9H2,1-2H3. The Morgan fingerprint density at radius 1 is 1.22 bits per heavy atom. The van der Waals surface area contributed by atoms with Crippen LogP contribution >= 0.6 is 0 Å². The van der Waals surface area contributed by atoms with Gasteiger partial charge in [0.05, 0.1) is 0 Å². The first-order chi connectivity index (χ1) is 8.72.